The Kier molecular flexibility index (Phi) is 8.05. The van der Waals surface area contributed by atoms with Crippen LogP contribution < -0.4 is 10.6 Å². The van der Waals surface area contributed by atoms with Crippen LogP contribution >= 0.6 is 0 Å². The highest BCUT2D eigenvalue weighted by atomic mass is 16.2. The SMILES string of the molecule is [C-]#[N+]c1ccc(NCCCN2CCN(CCCNc3ccc(C#N)cc3)C(=O)C2=O)cc1. The van der Waals surface area contributed by atoms with Crippen molar-refractivity contribution in [2.75, 3.05) is 49.9 Å². The average molecular weight is 431 g/mol. The maximum atomic E-state index is 12.4. The second-order valence-corrected chi connectivity index (χ2v) is 7.49. The number of carbonyl (C=O) groups is 2. The highest BCUT2D eigenvalue weighted by Gasteiger charge is 2.31. The van der Waals surface area contributed by atoms with Crippen LogP contribution in [0.1, 0.15) is 18.4 Å². The van der Waals surface area contributed by atoms with E-state index in [2.05, 4.69) is 21.5 Å². The Bertz CT molecular complexity index is 921. The van der Waals surface area contributed by atoms with Crippen LogP contribution in [0.4, 0.5) is 17.1 Å². The zero-order valence-electron chi connectivity index (χ0n) is 17.9. The molecule has 8 nitrogen and oxygen atoms in total. The average Bonchev–Trinajstić information content (AvgIpc) is 2.84. The van der Waals surface area contributed by atoms with Gasteiger partial charge in [-0.15, -0.1) is 0 Å². The Labute approximate surface area is 188 Å². The van der Waals surface area contributed by atoms with Crippen molar-refractivity contribution in [1.29, 1.82) is 5.26 Å². The first-order valence-corrected chi connectivity index (χ1v) is 10.6. The number of amides is 2. The maximum absolute atomic E-state index is 12.4. The van der Waals surface area contributed by atoms with E-state index in [1.54, 1.807) is 34.1 Å². The van der Waals surface area contributed by atoms with Gasteiger partial charge in [0, 0.05) is 50.6 Å². The molecule has 2 aromatic rings. The summed E-state index contributed by atoms with van der Waals surface area (Å²) >= 11 is 0. The molecule has 32 heavy (non-hydrogen) atoms. The second kappa shape index (κ2) is 11.4. The summed E-state index contributed by atoms with van der Waals surface area (Å²) in [5, 5.41) is 15.4. The first-order chi connectivity index (χ1) is 15.6. The van der Waals surface area contributed by atoms with Crippen LogP contribution in [-0.4, -0.2) is 60.9 Å². The van der Waals surface area contributed by atoms with Gasteiger partial charge in [-0.3, -0.25) is 9.59 Å². The molecule has 2 aromatic carbocycles. The minimum Gasteiger partial charge on any atom is -0.385 e. The van der Waals surface area contributed by atoms with Crippen molar-refractivity contribution >= 4 is 28.9 Å². The largest absolute Gasteiger partial charge is 0.385 e. The second-order valence-electron chi connectivity index (χ2n) is 7.49. The number of benzene rings is 2. The van der Waals surface area contributed by atoms with E-state index in [0.717, 1.165) is 24.2 Å². The van der Waals surface area contributed by atoms with E-state index >= 15 is 0 Å². The first-order valence-electron chi connectivity index (χ1n) is 10.6. The minimum absolute atomic E-state index is 0.433. The normalized spacial score (nSPS) is 13.4. The molecule has 1 heterocycles. The van der Waals surface area contributed by atoms with Gasteiger partial charge in [0.15, 0.2) is 5.69 Å². The molecule has 1 saturated heterocycles. The van der Waals surface area contributed by atoms with E-state index in [0.29, 0.717) is 50.5 Å². The number of hydrogen-bond acceptors (Lipinski definition) is 5. The molecule has 0 spiro atoms. The molecule has 0 unspecified atom stereocenters. The third-order valence-electron chi connectivity index (χ3n) is 5.28. The molecule has 0 radical (unpaired) electrons. The van der Waals surface area contributed by atoms with E-state index in [-0.39, 0.29) is 0 Å². The number of nitrogens with one attached hydrogen (secondary N) is 2. The van der Waals surface area contributed by atoms with E-state index in [1.165, 1.54) is 0 Å². The quantitative estimate of drug-likeness (QED) is 0.343. The molecule has 1 aliphatic rings. The zero-order chi connectivity index (χ0) is 22.8. The Hall–Kier alpha value is -4.04. The van der Waals surface area contributed by atoms with Gasteiger partial charge in [-0.25, -0.2) is 4.85 Å². The lowest BCUT2D eigenvalue weighted by Gasteiger charge is -2.33. The Morgan fingerprint density at radius 1 is 0.844 bits per heavy atom. The van der Waals surface area contributed by atoms with Gasteiger partial charge in [-0.2, -0.15) is 5.26 Å². The number of anilines is 2. The smallest absolute Gasteiger partial charge is 0.312 e. The number of nitrogens with zero attached hydrogens (tertiary/aromatic N) is 4. The number of rotatable bonds is 10. The topological polar surface area (TPSA) is 92.8 Å². The summed E-state index contributed by atoms with van der Waals surface area (Å²) in [6.07, 6.45) is 1.47. The van der Waals surface area contributed by atoms with Crippen LogP contribution in [-0.2, 0) is 9.59 Å². The van der Waals surface area contributed by atoms with Crippen LogP contribution in [0.15, 0.2) is 48.5 Å². The molecule has 2 N–H and O–H groups in total. The van der Waals surface area contributed by atoms with Crippen molar-refractivity contribution < 1.29 is 9.59 Å². The molecular formula is C24H26N6O2. The van der Waals surface area contributed by atoms with Crippen LogP contribution in [0, 0.1) is 17.9 Å². The molecule has 2 amide bonds. The fourth-order valence-electron chi connectivity index (χ4n) is 3.46. The summed E-state index contributed by atoms with van der Waals surface area (Å²) in [4.78, 5) is 31.5. The summed E-state index contributed by atoms with van der Waals surface area (Å²) in [6.45, 7) is 10.5. The fraction of sp³-hybridized carbons (Fsp3) is 0.333. The first kappa shape index (κ1) is 22.6. The Morgan fingerprint density at radius 3 is 1.75 bits per heavy atom. The summed E-state index contributed by atoms with van der Waals surface area (Å²) in [5.74, 6) is -0.866. The lowest BCUT2D eigenvalue weighted by Crippen LogP contribution is -2.54. The predicted octanol–water partition coefficient (Wildman–Crippen LogP) is 3.08. The van der Waals surface area contributed by atoms with Crippen LogP contribution in [0.2, 0.25) is 0 Å². The van der Waals surface area contributed by atoms with Crippen molar-refractivity contribution in [3.05, 3.63) is 65.5 Å². The lowest BCUT2D eigenvalue weighted by atomic mass is 10.2. The number of hydrogen-bond donors (Lipinski definition) is 2. The van der Waals surface area contributed by atoms with E-state index in [4.69, 9.17) is 11.8 Å². The molecule has 0 atom stereocenters. The fourth-order valence-corrected chi connectivity index (χ4v) is 3.46. The van der Waals surface area contributed by atoms with Gasteiger partial charge in [0.1, 0.15) is 0 Å². The van der Waals surface area contributed by atoms with Crippen LogP contribution in [0.25, 0.3) is 4.85 Å². The standard InChI is InChI=1S/C24H26N6O2/c1-26-20-8-10-22(11-9-20)28-13-3-15-30-17-16-29(23(31)24(30)32)14-2-12-27-21-6-4-19(18-25)5-7-21/h4-11,27-28H,2-3,12-17H2. The van der Waals surface area contributed by atoms with Crippen molar-refractivity contribution in [3.8, 4) is 6.07 Å². The number of piperazine rings is 1. The highest BCUT2D eigenvalue weighted by Crippen LogP contribution is 2.16. The molecule has 1 aliphatic heterocycles. The number of nitriles is 1. The molecule has 0 saturated carbocycles. The van der Waals surface area contributed by atoms with Gasteiger partial charge >= 0.3 is 11.8 Å². The van der Waals surface area contributed by atoms with Gasteiger partial charge in [0.05, 0.1) is 18.2 Å². The van der Waals surface area contributed by atoms with Gasteiger partial charge in [0.25, 0.3) is 0 Å². The van der Waals surface area contributed by atoms with Gasteiger partial charge in [-0.05, 0) is 49.2 Å². The van der Waals surface area contributed by atoms with Crippen molar-refractivity contribution in [2.24, 2.45) is 0 Å². The molecular weight excluding hydrogens is 404 g/mol. The number of carbonyl (C=O) groups excluding carboxylic acids is 2. The maximum Gasteiger partial charge on any atom is 0.312 e. The molecule has 0 aromatic heterocycles. The van der Waals surface area contributed by atoms with Crippen molar-refractivity contribution in [1.82, 2.24) is 9.80 Å². The third-order valence-corrected chi connectivity index (χ3v) is 5.28. The van der Waals surface area contributed by atoms with E-state index in [9.17, 15) is 9.59 Å². The summed E-state index contributed by atoms with van der Waals surface area (Å²) < 4.78 is 0. The van der Waals surface area contributed by atoms with Crippen molar-refractivity contribution in [2.45, 2.75) is 12.8 Å². The highest BCUT2D eigenvalue weighted by molar-refractivity contribution is 6.35. The van der Waals surface area contributed by atoms with Crippen molar-refractivity contribution in [3.63, 3.8) is 0 Å². The van der Waals surface area contributed by atoms with Gasteiger partial charge in [0.2, 0.25) is 0 Å². The predicted molar refractivity (Wildman–Crippen MR) is 123 cm³/mol. The molecule has 1 fully saturated rings. The lowest BCUT2D eigenvalue weighted by molar-refractivity contribution is -0.156. The Morgan fingerprint density at radius 2 is 1.31 bits per heavy atom. The molecule has 0 aliphatic carbocycles. The zero-order valence-corrected chi connectivity index (χ0v) is 17.9. The molecule has 8 heteroatoms. The van der Waals surface area contributed by atoms with Gasteiger partial charge < -0.3 is 20.4 Å². The monoisotopic (exact) mass is 430 g/mol. The summed E-state index contributed by atoms with van der Waals surface area (Å²) in [6, 6.07) is 16.5. The van der Waals surface area contributed by atoms with Gasteiger partial charge in [-0.1, -0.05) is 12.1 Å². The Balaban J connectivity index is 1.33. The summed E-state index contributed by atoms with van der Waals surface area (Å²) in [5.41, 5.74) is 3.07. The van der Waals surface area contributed by atoms with Crippen LogP contribution in [0.5, 0.6) is 0 Å². The molecule has 0 bridgehead atoms. The third kappa shape index (κ3) is 6.23. The summed E-state index contributed by atoms with van der Waals surface area (Å²) in [7, 11) is 0. The molecule has 3 rings (SSSR count). The van der Waals surface area contributed by atoms with Crippen LogP contribution in [0.3, 0.4) is 0 Å². The molecule has 164 valence electrons. The van der Waals surface area contributed by atoms with E-state index in [1.807, 2.05) is 24.3 Å². The van der Waals surface area contributed by atoms with E-state index < -0.39 is 11.8 Å². The minimum atomic E-state index is -0.433.